The number of para-hydroxylation sites is 1. The fraction of sp³-hybridized carbons (Fsp3) is 0.414. The van der Waals surface area contributed by atoms with Gasteiger partial charge in [0.05, 0.1) is 43.4 Å². The number of hydrogen-bond donors (Lipinski definition) is 0. The minimum Gasteiger partial charge on any atom is -0.378 e. The number of tetrazole rings is 1. The fourth-order valence-corrected chi connectivity index (χ4v) is 7.37. The Morgan fingerprint density at radius 3 is 2.61 bits per heavy atom. The highest BCUT2D eigenvalue weighted by Crippen LogP contribution is 2.54. The molecule has 0 N–H and O–H groups in total. The molecule has 41 heavy (non-hydrogen) atoms. The molecule has 5 heterocycles. The number of benzene rings is 2. The molecule has 5 atom stereocenters. The summed E-state index contributed by atoms with van der Waals surface area (Å²) < 4.78 is 13.6. The molecular formula is C29H28Cl2N6O4. The number of amides is 2. The van der Waals surface area contributed by atoms with Crippen molar-refractivity contribution in [2.45, 2.75) is 31.6 Å². The Balaban J connectivity index is 1.34. The quantitative estimate of drug-likeness (QED) is 0.417. The monoisotopic (exact) mass is 594 g/mol. The first-order chi connectivity index (χ1) is 19.8. The minimum absolute atomic E-state index is 0.0776. The first-order valence-corrected chi connectivity index (χ1v) is 14.4. The molecule has 10 nitrogen and oxygen atoms in total. The summed E-state index contributed by atoms with van der Waals surface area (Å²) in [5.74, 6) is -1.15. The van der Waals surface area contributed by atoms with Crippen LogP contribution in [-0.4, -0.2) is 86.4 Å². The first kappa shape index (κ1) is 26.6. The number of fused-ring (bicyclic) bond motifs is 1. The number of carbonyl (C=O) groups is 2. The van der Waals surface area contributed by atoms with E-state index in [1.807, 2.05) is 44.2 Å². The number of nitrogens with zero attached hydrogens (tertiary/aromatic N) is 6. The molecule has 12 heteroatoms. The molecule has 5 unspecified atom stereocenters. The maximum atomic E-state index is 14.5. The summed E-state index contributed by atoms with van der Waals surface area (Å²) in [5.41, 5.74) is 2.47. The van der Waals surface area contributed by atoms with Gasteiger partial charge in [-0.15, -0.1) is 5.10 Å². The number of aryl methyl sites for hydroxylation is 2. The Bertz CT molecular complexity index is 1570. The van der Waals surface area contributed by atoms with Crippen LogP contribution in [-0.2, 0) is 19.1 Å². The zero-order valence-corrected chi connectivity index (χ0v) is 24.0. The number of halogens is 2. The average Bonchev–Trinajstić information content (AvgIpc) is 3.72. The molecule has 3 fully saturated rings. The van der Waals surface area contributed by atoms with Crippen molar-refractivity contribution in [3.8, 4) is 5.69 Å². The lowest BCUT2D eigenvalue weighted by molar-refractivity contribution is -0.146. The van der Waals surface area contributed by atoms with Crippen LogP contribution in [0, 0.1) is 25.7 Å². The van der Waals surface area contributed by atoms with Gasteiger partial charge in [0.2, 0.25) is 11.8 Å². The van der Waals surface area contributed by atoms with E-state index in [0.717, 1.165) is 16.8 Å². The molecule has 2 aromatic carbocycles. The van der Waals surface area contributed by atoms with Gasteiger partial charge >= 0.3 is 0 Å². The van der Waals surface area contributed by atoms with Gasteiger partial charge in [0.1, 0.15) is 11.6 Å². The van der Waals surface area contributed by atoms with Gasteiger partial charge in [0.15, 0.2) is 5.82 Å². The van der Waals surface area contributed by atoms with E-state index in [2.05, 4.69) is 15.5 Å². The van der Waals surface area contributed by atoms with Crippen LogP contribution >= 0.6 is 23.2 Å². The molecule has 0 aliphatic carbocycles. The van der Waals surface area contributed by atoms with Crippen LogP contribution in [0.3, 0.4) is 0 Å². The molecule has 7 rings (SSSR count). The highest BCUT2D eigenvalue weighted by molar-refractivity contribution is 6.35. The summed E-state index contributed by atoms with van der Waals surface area (Å²) in [4.78, 5) is 31.8. The van der Waals surface area contributed by atoms with Crippen LogP contribution in [0.5, 0.6) is 0 Å². The first-order valence-electron chi connectivity index (χ1n) is 13.6. The maximum Gasteiger partial charge on any atom is 0.230 e. The predicted octanol–water partition coefficient (Wildman–Crippen LogP) is 3.32. The molecule has 0 saturated carbocycles. The van der Waals surface area contributed by atoms with Crippen molar-refractivity contribution < 1.29 is 19.1 Å². The Hall–Kier alpha value is -3.31. The number of morpholine rings is 1. The zero-order chi connectivity index (χ0) is 28.5. The molecule has 2 amide bonds. The number of rotatable bonds is 5. The highest BCUT2D eigenvalue weighted by Gasteiger charge is 2.68. The van der Waals surface area contributed by atoms with E-state index in [0.29, 0.717) is 47.7 Å². The number of hydrogen-bond acceptors (Lipinski definition) is 7. The maximum absolute atomic E-state index is 14.5. The van der Waals surface area contributed by atoms with Crippen LogP contribution in [0.1, 0.15) is 28.6 Å². The third-order valence-electron chi connectivity index (χ3n) is 8.70. The van der Waals surface area contributed by atoms with Crippen LogP contribution in [0.25, 0.3) is 5.69 Å². The predicted molar refractivity (Wildman–Crippen MR) is 150 cm³/mol. The number of aromatic nitrogens is 4. The largest absolute Gasteiger partial charge is 0.378 e. The van der Waals surface area contributed by atoms with Crippen molar-refractivity contribution >= 4 is 35.0 Å². The Kier molecular flexibility index (Phi) is 6.42. The summed E-state index contributed by atoms with van der Waals surface area (Å²) in [5, 5.41) is 13.7. The smallest absolute Gasteiger partial charge is 0.230 e. The fourth-order valence-electron chi connectivity index (χ4n) is 6.86. The van der Waals surface area contributed by atoms with Gasteiger partial charge in [-0.1, -0.05) is 59.6 Å². The van der Waals surface area contributed by atoms with Gasteiger partial charge in [-0.3, -0.25) is 9.59 Å². The third-order valence-corrected chi connectivity index (χ3v) is 9.26. The second-order valence-corrected chi connectivity index (χ2v) is 11.9. The lowest BCUT2D eigenvalue weighted by atomic mass is 9.76. The summed E-state index contributed by atoms with van der Waals surface area (Å²) in [6, 6.07) is 10.4. The summed E-state index contributed by atoms with van der Waals surface area (Å²) in [7, 11) is 0. The molecule has 3 saturated heterocycles. The van der Waals surface area contributed by atoms with Crippen LogP contribution < -0.4 is 0 Å². The highest BCUT2D eigenvalue weighted by atomic mass is 35.5. The van der Waals surface area contributed by atoms with E-state index in [9.17, 15) is 9.59 Å². The summed E-state index contributed by atoms with van der Waals surface area (Å²) >= 11 is 13.1. The molecule has 4 aliphatic heterocycles. The molecule has 212 valence electrons. The van der Waals surface area contributed by atoms with Crippen LogP contribution in [0.4, 0.5) is 0 Å². The van der Waals surface area contributed by atoms with Gasteiger partial charge in [-0.2, -0.15) is 4.68 Å². The molecule has 3 aromatic rings. The van der Waals surface area contributed by atoms with E-state index in [-0.39, 0.29) is 18.4 Å². The van der Waals surface area contributed by atoms with E-state index in [1.54, 1.807) is 32.7 Å². The van der Waals surface area contributed by atoms with Crippen molar-refractivity contribution in [1.29, 1.82) is 0 Å². The lowest BCUT2D eigenvalue weighted by Gasteiger charge is -2.33. The molecule has 4 aliphatic rings. The van der Waals surface area contributed by atoms with Crippen LogP contribution in [0.2, 0.25) is 10.0 Å². The van der Waals surface area contributed by atoms with Gasteiger partial charge in [0, 0.05) is 28.7 Å². The summed E-state index contributed by atoms with van der Waals surface area (Å²) in [6.07, 6.45) is 3.42. The lowest BCUT2D eigenvalue weighted by Crippen LogP contribution is -2.49. The molecule has 1 aromatic heterocycles. The van der Waals surface area contributed by atoms with Gasteiger partial charge in [-0.05, 0) is 47.5 Å². The Labute approximate surface area is 246 Å². The SMILES string of the molecule is Cc1cccc(C)c1-n1nnnc1C(c1ccc(Cl)cc1Cl)N1CC23C=CC(O2)C(C(=O)N2CCOCC2)C3C1=O. The zero-order valence-electron chi connectivity index (χ0n) is 22.5. The molecule has 0 radical (unpaired) electrons. The van der Waals surface area contributed by atoms with Crippen molar-refractivity contribution in [2.75, 3.05) is 32.8 Å². The van der Waals surface area contributed by atoms with Gasteiger partial charge in [0.25, 0.3) is 0 Å². The Morgan fingerprint density at radius 1 is 1.12 bits per heavy atom. The normalized spacial score (nSPS) is 27.5. The average molecular weight is 595 g/mol. The second kappa shape index (κ2) is 9.90. The number of likely N-dealkylation sites (tertiary alicyclic amines) is 1. The van der Waals surface area contributed by atoms with Crippen molar-refractivity contribution in [1.82, 2.24) is 30.0 Å². The molecule has 1 spiro atoms. The third kappa shape index (κ3) is 4.11. The van der Waals surface area contributed by atoms with E-state index >= 15 is 0 Å². The van der Waals surface area contributed by atoms with E-state index in [1.165, 1.54) is 0 Å². The van der Waals surface area contributed by atoms with Crippen LogP contribution in [0.15, 0.2) is 48.6 Å². The molecular weight excluding hydrogens is 567 g/mol. The Morgan fingerprint density at radius 2 is 1.88 bits per heavy atom. The number of ether oxygens (including phenoxy) is 2. The number of carbonyl (C=O) groups excluding carboxylic acids is 2. The second-order valence-electron chi connectivity index (χ2n) is 11.1. The standard InChI is InChI=1S/C29H28Cl2N6O4/c1-16-4-3-5-17(2)24(16)37-26(32-33-34-37)25(19-7-6-18(30)14-20(19)31)36-15-29-9-8-21(41-29)22(23(29)28(36)39)27(38)35-10-12-40-13-11-35/h3-9,14,21-23,25H,10-13,15H2,1-2H3. The van der Waals surface area contributed by atoms with Crippen molar-refractivity contribution in [2.24, 2.45) is 11.8 Å². The summed E-state index contributed by atoms with van der Waals surface area (Å²) in [6.45, 7) is 6.15. The van der Waals surface area contributed by atoms with Gasteiger partial charge in [-0.25, -0.2) is 0 Å². The van der Waals surface area contributed by atoms with Crippen molar-refractivity contribution in [3.63, 3.8) is 0 Å². The van der Waals surface area contributed by atoms with Crippen molar-refractivity contribution in [3.05, 3.63) is 81.1 Å². The van der Waals surface area contributed by atoms with E-state index in [4.69, 9.17) is 32.7 Å². The minimum atomic E-state index is -0.928. The molecule has 2 bridgehead atoms. The topological polar surface area (TPSA) is 103 Å². The van der Waals surface area contributed by atoms with Gasteiger partial charge < -0.3 is 19.3 Å². The van der Waals surface area contributed by atoms with E-state index < -0.39 is 29.6 Å².